The smallest absolute Gasteiger partial charge is 0.166 e. The van der Waals surface area contributed by atoms with Gasteiger partial charge in [0.15, 0.2) is 5.78 Å². The monoisotopic (exact) mass is 231 g/mol. The van der Waals surface area contributed by atoms with E-state index in [2.05, 4.69) is 4.90 Å². The zero-order valence-electron chi connectivity index (χ0n) is 10.6. The Hall–Kier alpha value is -1.15. The van der Waals surface area contributed by atoms with E-state index in [1.54, 1.807) is 0 Å². The van der Waals surface area contributed by atoms with Crippen LogP contribution in [0.25, 0.3) is 0 Å². The molecule has 0 saturated carbocycles. The predicted molar refractivity (Wildman–Crippen MR) is 70.2 cm³/mol. The number of carbonyl (C=O) groups is 1. The van der Waals surface area contributed by atoms with Crippen LogP contribution < -0.4 is 0 Å². The van der Waals surface area contributed by atoms with Crippen molar-refractivity contribution in [2.45, 2.75) is 26.2 Å². The number of piperidine rings is 1. The number of rotatable bonds is 4. The Bertz CT molecular complexity index is 354. The van der Waals surface area contributed by atoms with E-state index in [0.717, 1.165) is 25.2 Å². The van der Waals surface area contributed by atoms with Crippen LogP contribution in [0.1, 0.15) is 36.5 Å². The first-order valence-corrected chi connectivity index (χ1v) is 6.59. The fourth-order valence-electron chi connectivity index (χ4n) is 2.50. The lowest BCUT2D eigenvalue weighted by atomic mass is 9.98. The van der Waals surface area contributed by atoms with E-state index in [9.17, 15) is 4.79 Å². The van der Waals surface area contributed by atoms with E-state index in [4.69, 9.17) is 0 Å². The third-order valence-electron chi connectivity index (χ3n) is 3.49. The Labute approximate surface area is 104 Å². The van der Waals surface area contributed by atoms with Gasteiger partial charge < -0.3 is 4.90 Å². The van der Waals surface area contributed by atoms with Crippen molar-refractivity contribution in [1.82, 2.24) is 4.90 Å². The van der Waals surface area contributed by atoms with Gasteiger partial charge in [0.1, 0.15) is 0 Å². The van der Waals surface area contributed by atoms with Crippen molar-refractivity contribution >= 4 is 5.78 Å². The highest BCUT2D eigenvalue weighted by molar-refractivity contribution is 5.97. The Morgan fingerprint density at radius 2 is 1.82 bits per heavy atom. The summed E-state index contributed by atoms with van der Waals surface area (Å²) < 4.78 is 0. The molecule has 1 atom stereocenters. The van der Waals surface area contributed by atoms with Gasteiger partial charge in [-0.2, -0.15) is 0 Å². The van der Waals surface area contributed by atoms with Crippen LogP contribution in [0.2, 0.25) is 0 Å². The minimum absolute atomic E-state index is 0.107. The topological polar surface area (TPSA) is 20.3 Å². The van der Waals surface area contributed by atoms with Gasteiger partial charge in [-0.3, -0.25) is 4.79 Å². The molecule has 0 spiro atoms. The maximum atomic E-state index is 12.2. The molecule has 2 heteroatoms. The molecule has 2 nitrogen and oxygen atoms in total. The molecule has 1 aromatic carbocycles. The zero-order chi connectivity index (χ0) is 12.1. The maximum Gasteiger partial charge on any atom is 0.166 e. The summed E-state index contributed by atoms with van der Waals surface area (Å²) in [6.45, 7) is 5.27. The molecule has 1 fully saturated rings. The van der Waals surface area contributed by atoms with E-state index in [-0.39, 0.29) is 11.7 Å². The number of ketones is 1. The quantitative estimate of drug-likeness (QED) is 0.742. The van der Waals surface area contributed by atoms with Crippen LogP contribution in [0, 0.1) is 5.92 Å². The molecule has 0 aromatic heterocycles. The number of Topliss-reactive ketones (excluding diaryl/α,β-unsaturated/α-hetero) is 1. The second kappa shape index (κ2) is 5.97. The molecule has 1 aliphatic rings. The SMILES string of the molecule is C[C@@H](CN1CCCCC1)C(=O)c1ccccc1. The lowest BCUT2D eigenvalue weighted by Crippen LogP contribution is -2.35. The number of carbonyl (C=O) groups excluding carboxylic acids is 1. The molecule has 2 rings (SSSR count). The molecule has 1 aliphatic heterocycles. The van der Waals surface area contributed by atoms with Gasteiger partial charge in [-0.15, -0.1) is 0 Å². The Morgan fingerprint density at radius 3 is 2.47 bits per heavy atom. The molecule has 0 N–H and O–H groups in total. The molecule has 0 unspecified atom stereocenters. The molecule has 92 valence electrons. The summed E-state index contributed by atoms with van der Waals surface area (Å²) >= 11 is 0. The van der Waals surface area contributed by atoms with Gasteiger partial charge in [0, 0.05) is 18.0 Å². The average Bonchev–Trinajstić information content (AvgIpc) is 2.40. The number of hydrogen-bond acceptors (Lipinski definition) is 2. The molecule has 0 radical (unpaired) electrons. The van der Waals surface area contributed by atoms with Crippen molar-refractivity contribution in [1.29, 1.82) is 0 Å². The molecule has 0 aliphatic carbocycles. The minimum atomic E-state index is 0.107. The van der Waals surface area contributed by atoms with Crippen LogP contribution in [-0.2, 0) is 0 Å². The van der Waals surface area contributed by atoms with E-state index < -0.39 is 0 Å². The van der Waals surface area contributed by atoms with Gasteiger partial charge in [-0.05, 0) is 25.9 Å². The highest BCUT2D eigenvalue weighted by Gasteiger charge is 2.19. The van der Waals surface area contributed by atoms with Gasteiger partial charge in [0.05, 0.1) is 0 Å². The third kappa shape index (κ3) is 3.40. The number of likely N-dealkylation sites (tertiary alicyclic amines) is 1. The van der Waals surface area contributed by atoms with Gasteiger partial charge in [0.2, 0.25) is 0 Å². The molecular weight excluding hydrogens is 210 g/mol. The number of hydrogen-bond donors (Lipinski definition) is 0. The van der Waals surface area contributed by atoms with Crippen molar-refractivity contribution in [2.75, 3.05) is 19.6 Å². The first-order chi connectivity index (χ1) is 8.27. The van der Waals surface area contributed by atoms with Crippen LogP contribution >= 0.6 is 0 Å². The van der Waals surface area contributed by atoms with E-state index in [1.165, 1.54) is 19.3 Å². The van der Waals surface area contributed by atoms with Crippen LogP contribution in [0.15, 0.2) is 30.3 Å². The third-order valence-corrected chi connectivity index (χ3v) is 3.49. The van der Waals surface area contributed by atoms with Crippen molar-refractivity contribution in [3.05, 3.63) is 35.9 Å². The van der Waals surface area contributed by atoms with Crippen LogP contribution in [0.3, 0.4) is 0 Å². The van der Waals surface area contributed by atoms with Crippen molar-refractivity contribution in [3.8, 4) is 0 Å². The highest BCUT2D eigenvalue weighted by Crippen LogP contribution is 2.14. The molecule has 0 bridgehead atoms. The van der Waals surface area contributed by atoms with E-state index in [0.29, 0.717) is 0 Å². The zero-order valence-corrected chi connectivity index (χ0v) is 10.6. The summed E-state index contributed by atoms with van der Waals surface area (Å²) in [6.07, 6.45) is 3.91. The lowest BCUT2D eigenvalue weighted by Gasteiger charge is -2.28. The second-order valence-corrected chi connectivity index (χ2v) is 4.99. The Morgan fingerprint density at radius 1 is 1.18 bits per heavy atom. The van der Waals surface area contributed by atoms with Gasteiger partial charge in [-0.1, -0.05) is 43.7 Å². The second-order valence-electron chi connectivity index (χ2n) is 4.99. The molecule has 0 amide bonds. The summed E-state index contributed by atoms with van der Waals surface area (Å²) in [5.41, 5.74) is 0.844. The Balaban J connectivity index is 1.91. The number of benzene rings is 1. The van der Waals surface area contributed by atoms with Crippen molar-refractivity contribution in [2.24, 2.45) is 5.92 Å². The predicted octanol–water partition coefficient (Wildman–Crippen LogP) is 2.99. The van der Waals surface area contributed by atoms with Gasteiger partial charge >= 0.3 is 0 Å². The maximum absolute atomic E-state index is 12.2. The van der Waals surface area contributed by atoms with Gasteiger partial charge in [0.25, 0.3) is 0 Å². The largest absolute Gasteiger partial charge is 0.303 e. The molecule has 1 aromatic rings. The molecule has 1 saturated heterocycles. The summed E-state index contributed by atoms with van der Waals surface area (Å²) in [5.74, 6) is 0.381. The summed E-state index contributed by atoms with van der Waals surface area (Å²) in [6, 6.07) is 9.64. The number of nitrogens with zero attached hydrogens (tertiary/aromatic N) is 1. The summed E-state index contributed by atoms with van der Waals surface area (Å²) in [5, 5.41) is 0. The average molecular weight is 231 g/mol. The van der Waals surface area contributed by atoms with E-state index in [1.807, 2.05) is 37.3 Å². The van der Waals surface area contributed by atoms with Gasteiger partial charge in [-0.25, -0.2) is 0 Å². The minimum Gasteiger partial charge on any atom is -0.303 e. The normalized spacial score (nSPS) is 18.9. The first kappa shape index (κ1) is 12.3. The van der Waals surface area contributed by atoms with E-state index >= 15 is 0 Å². The first-order valence-electron chi connectivity index (χ1n) is 6.59. The van der Waals surface area contributed by atoms with Crippen molar-refractivity contribution < 1.29 is 4.79 Å². The lowest BCUT2D eigenvalue weighted by molar-refractivity contribution is 0.0883. The fourth-order valence-corrected chi connectivity index (χ4v) is 2.50. The van der Waals surface area contributed by atoms with Crippen LogP contribution in [-0.4, -0.2) is 30.3 Å². The fraction of sp³-hybridized carbons (Fsp3) is 0.533. The van der Waals surface area contributed by atoms with Crippen LogP contribution in [0.5, 0.6) is 0 Å². The standard InChI is InChI=1S/C15H21NO/c1-13(12-16-10-6-3-7-11-16)15(17)14-8-4-2-5-9-14/h2,4-5,8-9,13H,3,6-7,10-12H2,1H3/t13-/m0/s1. The Kier molecular flexibility index (Phi) is 4.32. The van der Waals surface area contributed by atoms with Crippen LogP contribution in [0.4, 0.5) is 0 Å². The molecule has 17 heavy (non-hydrogen) atoms. The van der Waals surface area contributed by atoms with Crippen molar-refractivity contribution in [3.63, 3.8) is 0 Å². The molecular formula is C15H21NO. The summed E-state index contributed by atoms with van der Waals surface area (Å²) in [4.78, 5) is 14.6. The molecule has 1 heterocycles. The highest BCUT2D eigenvalue weighted by atomic mass is 16.1. The summed E-state index contributed by atoms with van der Waals surface area (Å²) in [7, 11) is 0.